The van der Waals surface area contributed by atoms with Gasteiger partial charge in [-0.25, -0.2) is 17.8 Å². The molecule has 0 radical (unpaired) electrons. The molecule has 1 unspecified atom stereocenters. The Kier molecular flexibility index (Phi) is 6.52. The van der Waals surface area contributed by atoms with Gasteiger partial charge in [0.25, 0.3) is 0 Å². The van der Waals surface area contributed by atoms with Crippen molar-refractivity contribution in [1.82, 2.24) is 14.6 Å². The number of anilines is 1. The lowest BCUT2D eigenvalue weighted by Crippen LogP contribution is -2.45. The van der Waals surface area contributed by atoms with E-state index in [2.05, 4.69) is 15.2 Å². The summed E-state index contributed by atoms with van der Waals surface area (Å²) in [6, 6.07) is 8.66. The number of nitrogens with one attached hydrogen (secondary N) is 1. The van der Waals surface area contributed by atoms with Crippen molar-refractivity contribution in [3.8, 4) is 0 Å². The van der Waals surface area contributed by atoms with Crippen LogP contribution in [-0.4, -0.2) is 49.8 Å². The molecule has 1 aromatic carbocycles. The Hall–Kier alpha value is -2.52. The maximum Gasteiger partial charge on any atom is 0.243 e. The molecule has 2 fully saturated rings. The first-order valence-corrected chi connectivity index (χ1v) is 12.1. The molecule has 1 atom stereocenters. The van der Waals surface area contributed by atoms with E-state index in [1.807, 2.05) is 12.1 Å². The number of amides is 1. The number of pyridine rings is 1. The summed E-state index contributed by atoms with van der Waals surface area (Å²) in [6.07, 6.45) is 5.33. The van der Waals surface area contributed by atoms with Crippen LogP contribution in [0.3, 0.4) is 0 Å². The Balaban J connectivity index is 1.37. The lowest BCUT2D eigenvalue weighted by molar-refractivity contribution is -0.126. The third kappa shape index (κ3) is 5.04. The van der Waals surface area contributed by atoms with Crippen molar-refractivity contribution in [3.63, 3.8) is 0 Å². The fraction of sp³-hybridized carbons (Fsp3) is 0.455. The number of carbonyl (C=O) groups is 1. The van der Waals surface area contributed by atoms with Crippen LogP contribution in [-0.2, 0) is 21.4 Å². The van der Waals surface area contributed by atoms with Gasteiger partial charge in [-0.15, -0.1) is 0 Å². The molecule has 3 heterocycles. The molecule has 2 aromatic rings. The summed E-state index contributed by atoms with van der Waals surface area (Å²) in [5.74, 6) is -0.125. The summed E-state index contributed by atoms with van der Waals surface area (Å²) in [4.78, 5) is 19.5. The second kappa shape index (κ2) is 9.32. The third-order valence-electron chi connectivity index (χ3n) is 5.91. The highest BCUT2D eigenvalue weighted by molar-refractivity contribution is 7.89. The van der Waals surface area contributed by atoms with E-state index < -0.39 is 21.8 Å². The average molecular weight is 447 g/mol. The van der Waals surface area contributed by atoms with Crippen LogP contribution in [0.1, 0.15) is 31.2 Å². The summed E-state index contributed by atoms with van der Waals surface area (Å²) in [7, 11) is -3.75. The molecule has 2 saturated heterocycles. The summed E-state index contributed by atoms with van der Waals surface area (Å²) >= 11 is 0. The van der Waals surface area contributed by atoms with E-state index in [1.165, 1.54) is 29.3 Å². The van der Waals surface area contributed by atoms with Crippen LogP contribution >= 0.6 is 0 Å². The molecule has 2 aliphatic rings. The van der Waals surface area contributed by atoms with E-state index in [0.717, 1.165) is 36.6 Å². The van der Waals surface area contributed by atoms with Gasteiger partial charge in [0.15, 0.2) is 0 Å². The van der Waals surface area contributed by atoms with E-state index in [-0.39, 0.29) is 17.3 Å². The summed E-state index contributed by atoms with van der Waals surface area (Å²) in [5.41, 5.74) is 0.969. The number of halogens is 1. The van der Waals surface area contributed by atoms with E-state index in [9.17, 15) is 17.6 Å². The molecule has 2 aliphatic heterocycles. The smallest absolute Gasteiger partial charge is 0.243 e. The molecule has 0 saturated carbocycles. The van der Waals surface area contributed by atoms with Crippen LogP contribution in [0, 0.1) is 11.7 Å². The topological polar surface area (TPSA) is 82.6 Å². The predicted octanol–water partition coefficient (Wildman–Crippen LogP) is 2.54. The minimum atomic E-state index is -3.75. The van der Waals surface area contributed by atoms with Gasteiger partial charge in [-0.3, -0.25) is 4.79 Å². The van der Waals surface area contributed by atoms with Crippen molar-refractivity contribution >= 4 is 21.7 Å². The number of aromatic nitrogens is 1. The lowest BCUT2D eigenvalue weighted by Gasteiger charge is -2.31. The molecule has 166 valence electrons. The largest absolute Gasteiger partial charge is 0.357 e. The number of rotatable bonds is 6. The van der Waals surface area contributed by atoms with Crippen molar-refractivity contribution in [1.29, 1.82) is 0 Å². The van der Waals surface area contributed by atoms with Crippen LogP contribution < -0.4 is 10.2 Å². The summed E-state index contributed by atoms with van der Waals surface area (Å²) in [5, 5.41) is 2.95. The molecule has 4 rings (SSSR count). The number of sulfonamides is 1. The number of hydrogen-bond acceptors (Lipinski definition) is 5. The highest BCUT2D eigenvalue weighted by atomic mass is 32.2. The Morgan fingerprint density at radius 1 is 1.10 bits per heavy atom. The molecular formula is C22H27FN4O3S. The van der Waals surface area contributed by atoms with Crippen molar-refractivity contribution in [2.24, 2.45) is 5.92 Å². The fourth-order valence-electron chi connectivity index (χ4n) is 4.15. The van der Waals surface area contributed by atoms with Gasteiger partial charge in [-0.2, -0.15) is 4.31 Å². The molecule has 1 N–H and O–H groups in total. The summed E-state index contributed by atoms with van der Waals surface area (Å²) < 4.78 is 40.2. The molecule has 1 aromatic heterocycles. The second-order valence-electron chi connectivity index (χ2n) is 8.09. The molecule has 1 amide bonds. The predicted molar refractivity (Wildman–Crippen MR) is 115 cm³/mol. The van der Waals surface area contributed by atoms with Gasteiger partial charge in [0.05, 0.1) is 10.8 Å². The molecule has 0 bridgehead atoms. The van der Waals surface area contributed by atoms with Gasteiger partial charge in [0.1, 0.15) is 11.6 Å². The van der Waals surface area contributed by atoms with Crippen molar-refractivity contribution < 1.29 is 17.6 Å². The normalized spacial score (nSPS) is 20.0. The molecule has 31 heavy (non-hydrogen) atoms. The van der Waals surface area contributed by atoms with E-state index in [4.69, 9.17) is 0 Å². The minimum absolute atomic E-state index is 0.0428. The second-order valence-corrected chi connectivity index (χ2v) is 10.0. The third-order valence-corrected chi connectivity index (χ3v) is 7.79. The van der Waals surface area contributed by atoms with Crippen molar-refractivity contribution in [2.75, 3.05) is 31.1 Å². The average Bonchev–Trinajstić information content (AvgIpc) is 3.33. The van der Waals surface area contributed by atoms with Crippen LogP contribution in [0.25, 0.3) is 0 Å². The first kappa shape index (κ1) is 21.7. The zero-order valence-electron chi connectivity index (χ0n) is 17.3. The highest BCUT2D eigenvalue weighted by Gasteiger charge is 2.33. The Morgan fingerprint density at radius 2 is 1.84 bits per heavy atom. The minimum Gasteiger partial charge on any atom is -0.357 e. The molecular weight excluding hydrogens is 419 g/mol. The monoisotopic (exact) mass is 446 g/mol. The summed E-state index contributed by atoms with van der Waals surface area (Å²) in [6.45, 7) is 2.86. The first-order chi connectivity index (χ1) is 14.9. The quantitative estimate of drug-likeness (QED) is 0.737. The Bertz CT molecular complexity index is 1020. The van der Waals surface area contributed by atoms with Gasteiger partial charge < -0.3 is 10.2 Å². The zero-order chi connectivity index (χ0) is 21.8. The number of hydrogen-bond donors (Lipinski definition) is 1. The fourth-order valence-corrected chi connectivity index (χ4v) is 5.68. The number of piperidine rings is 1. The molecule has 0 spiro atoms. The van der Waals surface area contributed by atoms with E-state index in [0.29, 0.717) is 25.9 Å². The van der Waals surface area contributed by atoms with E-state index in [1.54, 1.807) is 6.20 Å². The lowest BCUT2D eigenvalue weighted by atomic mass is 9.99. The van der Waals surface area contributed by atoms with Gasteiger partial charge in [-0.1, -0.05) is 0 Å². The molecule has 0 aliphatic carbocycles. The highest BCUT2D eigenvalue weighted by Crippen LogP contribution is 2.24. The number of benzene rings is 1. The zero-order valence-corrected chi connectivity index (χ0v) is 18.2. The van der Waals surface area contributed by atoms with Gasteiger partial charge in [-0.05, 0) is 67.6 Å². The number of nitrogens with zero attached hydrogens (tertiary/aromatic N) is 3. The first-order valence-electron chi connectivity index (χ1n) is 10.7. The Labute approximate surface area is 182 Å². The van der Waals surface area contributed by atoms with Crippen molar-refractivity contribution in [3.05, 3.63) is 54.0 Å². The molecule has 9 heteroatoms. The van der Waals surface area contributed by atoms with Gasteiger partial charge in [0, 0.05) is 38.9 Å². The standard InChI is InChI=1S/C22H27FN4O3S/c23-19-5-7-20(8-6-19)31(29,30)27-13-3-4-18(16-27)22(28)25-15-17-9-10-24-21(14-17)26-11-1-2-12-26/h5-10,14,18H,1-4,11-13,15-16H2,(H,25,28). The van der Waals surface area contributed by atoms with Gasteiger partial charge >= 0.3 is 0 Å². The van der Waals surface area contributed by atoms with Crippen molar-refractivity contribution in [2.45, 2.75) is 37.1 Å². The maximum absolute atomic E-state index is 13.2. The number of carbonyl (C=O) groups excluding carboxylic acids is 1. The molecule has 7 nitrogen and oxygen atoms in total. The maximum atomic E-state index is 13.2. The van der Waals surface area contributed by atoms with Crippen LogP contribution in [0.2, 0.25) is 0 Å². The van der Waals surface area contributed by atoms with E-state index >= 15 is 0 Å². The SMILES string of the molecule is O=C(NCc1ccnc(N2CCCC2)c1)C1CCCN(S(=O)(=O)c2ccc(F)cc2)C1. The van der Waals surface area contributed by atoms with Crippen LogP contribution in [0.4, 0.5) is 10.2 Å². The Morgan fingerprint density at radius 3 is 2.58 bits per heavy atom. The van der Waals surface area contributed by atoms with Crippen LogP contribution in [0.5, 0.6) is 0 Å². The van der Waals surface area contributed by atoms with Gasteiger partial charge in [0.2, 0.25) is 15.9 Å². The van der Waals surface area contributed by atoms with Crippen LogP contribution in [0.15, 0.2) is 47.5 Å².